The van der Waals surface area contributed by atoms with Crippen molar-refractivity contribution in [3.8, 4) is 44.5 Å². The van der Waals surface area contributed by atoms with Crippen LogP contribution >= 0.6 is 0 Å². The minimum Gasteiger partial charge on any atom is -0.164 e. The van der Waals surface area contributed by atoms with Crippen molar-refractivity contribution >= 4 is 71.5 Å². The van der Waals surface area contributed by atoms with Crippen molar-refractivity contribution < 1.29 is 23.3 Å². The van der Waals surface area contributed by atoms with Crippen LogP contribution in [-0.4, -0.2) is 6.88 Å². The van der Waals surface area contributed by atoms with E-state index in [0.29, 0.717) is 0 Å². The molecular formula is C72H64SiZr-4. The molecule has 2 aliphatic rings. The summed E-state index contributed by atoms with van der Waals surface area (Å²) >= 11 is 1.36. The Morgan fingerprint density at radius 3 is 0.892 bits per heavy atom. The molecule has 12 aromatic rings. The van der Waals surface area contributed by atoms with Gasteiger partial charge in [0, 0.05) is 0 Å². The summed E-state index contributed by atoms with van der Waals surface area (Å²) in [5.41, 5.74) is 13.7. The van der Waals surface area contributed by atoms with Gasteiger partial charge in [0.15, 0.2) is 0 Å². The number of hydrogen-bond donors (Lipinski definition) is 0. The molecule has 0 aliphatic heterocycles. The summed E-state index contributed by atoms with van der Waals surface area (Å²) in [4.78, 5) is 0. The van der Waals surface area contributed by atoms with Gasteiger partial charge in [0.2, 0.25) is 0 Å². The Morgan fingerprint density at radius 1 is 0.311 bits per heavy atom. The van der Waals surface area contributed by atoms with Crippen LogP contribution in [0.2, 0.25) is 0 Å². The standard InChI is InChI=1S/2C35H29.2CH3.Si.Zr/c2*1-2-10-24(9-1)21-25-22-34-32(30-17-7-13-26-11-3-5-15-28(26)30)19-20-33(35(34)23-25)31-18-8-14-27-12-4-6-16-29(27)31;;;;/h2*3-8,11-20,22-24H,1-2,9-10,21H2;2*1H3;;/q4*-1;;. The largest absolute Gasteiger partial charge is 0.164 e. The first kappa shape index (κ1) is 51.1. The van der Waals surface area contributed by atoms with Gasteiger partial charge in [-0.05, 0) is 78.9 Å². The van der Waals surface area contributed by atoms with E-state index in [-0.39, 0.29) is 14.9 Å². The van der Waals surface area contributed by atoms with Crippen LogP contribution < -0.4 is 0 Å². The summed E-state index contributed by atoms with van der Waals surface area (Å²) < 4.78 is 0. The monoisotopic (exact) mass is 1050 g/mol. The normalized spacial score (nSPS) is 13.7. The van der Waals surface area contributed by atoms with Gasteiger partial charge in [0.05, 0.1) is 0 Å². The van der Waals surface area contributed by atoms with E-state index in [1.807, 2.05) is 0 Å². The third-order valence-corrected chi connectivity index (χ3v) is 16.2. The minimum atomic E-state index is 0. The molecule has 0 amide bonds. The molecule has 2 heteroatoms. The van der Waals surface area contributed by atoms with Crippen molar-refractivity contribution in [1.29, 1.82) is 0 Å². The maximum absolute atomic E-state index is 3.06. The molecule has 0 atom stereocenters. The average molecular weight is 1050 g/mol. The molecule has 0 spiro atoms. The Balaban J connectivity index is 0.000000160. The van der Waals surface area contributed by atoms with E-state index in [0.717, 1.165) is 11.8 Å². The van der Waals surface area contributed by atoms with Gasteiger partial charge in [-0.25, -0.2) is 0 Å². The molecule has 364 valence electrons. The second-order valence-electron chi connectivity index (χ2n) is 20.5. The average Bonchev–Trinajstić information content (AvgIpc) is 4.31. The maximum Gasteiger partial charge on any atom is -0.0114 e. The van der Waals surface area contributed by atoms with Crippen LogP contribution in [0.15, 0.2) is 218 Å². The van der Waals surface area contributed by atoms with Gasteiger partial charge in [0.25, 0.3) is 0 Å². The zero-order chi connectivity index (χ0) is 48.4. The van der Waals surface area contributed by atoms with Gasteiger partial charge in [-0.15, -0.1) is 44.8 Å². The van der Waals surface area contributed by atoms with Gasteiger partial charge < -0.3 is 14.9 Å². The van der Waals surface area contributed by atoms with Crippen LogP contribution in [0.3, 0.4) is 0 Å². The summed E-state index contributed by atoms with van der Waals surface area (Å²) in [6.45, 7) is 3.06. The summed E-state index contributed by atoms with van der Waals surface area (Å²) in [6.07, 6.45) is 13.5. The number of hydrogen-bond acceptors (Lipinski definition) is 0. The smallest absolute Gasteiger partial charge is 0.0114 e. The molecule has 2 aliphatic carbocycles. The fourth-order valence-corrected chi connectivity index (χ4v) is 12.8. The molecule has 14 rings (SSSR count). The quantitative estimate of drug-likeness (QED) is 0.105. The minimum absolute atomic E-state index is 0. The van der Waals surface area contributed by atoms with Crippen molar-refractivity contribution in [2.75, 3.05) is 0 Å². The second kappa shape index (κ2) is 23.0. The van der Waals surface area contributed by atoms with Crippen LogP contribution in [0.25, 0.3) is 109 Å². The Hall–Kier alpha value is -6.44. The van der Waals surface area contributed by atoms with E-state index in [9.17, 15) is 0 Å². The fourth-order valence-electron chi connectivity index (χ4n) is 12.8. The SMILES string of the molecule is [CH3-].[CH3-].[Si]=[Zr].c1ccc2c(-c3ccc(-c4cccc5ccccc45)c4[cH-]c(CC5CCCC5)cc34)cccc2c1.c1ccc2c(-c3ccc(-c4cccc5ccccc45)c4[cH-]c(CC5CCCC5)cc34)cccc2c1. The van der Waals surface area contributed by atoms with Crippen LogP contribution in [0.5, 0.6) is 0 Å². The Labute approximate surface area is 456 Å². The second-order valence-corrected chi connectivity index (χ2v) is 20.5. The van der Waals surface area contributed by atoms with Crippen molar-refractivity contribution in [1.82, 2.24) is 0 Å². The molecular weight excluding hydrogens is 984 g/mol. The van der Waals surface area contributed by atoms with Crippen LogP contribution in [0.1, 0.15) is 62.5 Å². The number of benzene rings is 10. The summed E-state index contributed by atoms with van der Waals surface area (Å²) in [6, 6.07) is 81.4. The molecule has 0 N–H and O–H groups in total. The van der Waals surface area contributed by atoms with E-state index in [4.69, 9.17) is 0 Å². The van der Waals surface area contributed by atoms with E-state index >= 15 is 0 Å². The molecule has 0 aromatic heterocycles. The fraction of sp³-hybridized carbons (Fsp3) is 0.167. The number of rotatable bonds is 8. The van der Waals surface area contributed by atoms with Gasteiger partial charge in [-0.1, -0.05) is 279 Å². The topological polar surface area (TPSA) is 0 Å². The Kier molecular flexibility index (Phi) is 15.9. The van der Waals surface area contributed by atoms with Crippen molar-refractivity contribution in [3.63, 3.8) is 0 Å². The molecule has 2 saturated carbocycles. The molecule has 0 bridgehead atoms. The summed E-state index contributed by atoms with van der Waals surface area (Å²) in [7, 11) is 0. The van der Waals surface area contributed by atoms with E-state index in [2.05, 4.69) is 225 Å². The Morgan fingerprint density at radius 2 is 0.568 bits per heavy atom. The molecule has 2 radical (unpaired) electrons. The van der Waals surface area contributed by atoms with Gasteiger partial charge >= 0.3 is 30.2 Å². The third kappa shape index (κ3) is 9.97. The zero-order valence-electron chi connectivity index (χ0n) is 43.0. The molecule has 0 nitrogen and oxygen atoms in total. The first-order valence-electron chi connectivity index (χ1n) is 26.3. The van der Waals surface area contributed by atoms with E-state index in [1.54, 1.807) is 0 Å². The van der Waals surface area contributed by atoms with E-state index < -0.39 is 0 Å². The molecule has 0 heterocycles. The van der Waals surface area contributed by atoms with Crippen molar-refractivity contribution in [3.05, 3.63) is 244 Å². The predicted octanol–water partition coefficient (Wildman–Crippen LogP) is 20.4. The zero-order valence-corrected chi connectivity index (χ0v) is 46.5. The first-order chi connectivity index (χ1) is 35.7. The van der Waals surface area contributed by atoms with Crippen LogP contribution in [0.4, 0.5) is 0 Å². The molecule has 0 unspecified atom stereocenters. The summed E-state index contributed by atoms with van der Waals surface area (Å²) in [5, 5.41) is 16.1. The van der Waals surface area contributed by atoms with Crippen LogP contribution in [0, 0.1) is 26.7 Å². The molecule has 0 saturated heterocycles. The molecule has 74 heavy (non-hydrogen) atoms. The van der Waals surface area contributed by atoms with Gasteiger partial charge in [0.1, 0.15) is 0 Å². The van der Waals surface area contributed by atoms with E-state index in [1.165, 1.54) is 208 Å². The predicted molar refractivity (Wildman–Crippen MR) is 321 cm³/mol. The summed E-state index contributed by atoms with van der Waals surface area (Å²) in [5.74, 6) is 1.68. The molecule has 2 fully saturated rings. The Bertz CT molecular complexity index is 3380. The maximum atomic E-state index is 3.06. The van der Waals surface area contributed by atoms with Crippen LogP contribution in [-0.2, 0) is 36.2 Å². The number of fused-ring (bicyclic) bond motifs is 6. The van der Waals surface area contributed by atoms with Gasteiger partial charge in [-0.3, -0.25) is 0 Å². The third-order valence-electron chi connectivity index (χ3n) is 16.2. The first-order valence-corrected chi connectivity index (χ1v) is 30.5. The van der Waals surface area contributed by atoms with Crippen molar-refractivity contribution in [2.45, 2.75) is 64.2 Å². The van der Waals surface area contributed by atoms with Crippen molar-refractivity contribution in [2.24, 2.45) is 11.8 Å². The van der Waals surface area contributed by atoms with Gasteiger partial charge in [-0.2, -0.15) is 12.1 Å². The molecule has 12 aromatic carbocycles.